The number of Topliss-reactive ketones (excluding diaryl/α,β-unsaturated/α-hetero) is 1. The maximum absolute atomic E-state index is 12.6. The fraction of sp³-hybridized carbons (Fsp3) is 0.312. The molecule has 1 unspecified atom stereocenters. The number of carbonyl (C=O) groups excluding carboxylic acids is 2. The van der Waals surface area contributed by atoms with Crippen LogP contribution < -0.4 is 0 Å². The topological polar surface area (TPSA) is 98.3 Å². The van der Waals surface area contributed by atoms with Crippen LogP contribution in [0.2, 0.25) is 0 Å². The number of piperidine rings is 1. The van der Waals surface area contributed by atoms with Crippen molar-refractivity contribution in [2.75, 3.05) is 6.54 Å². The van der Waals surface area contributed by atoms with Crippen LogP contribution in [0.4, 0.5) is 5.69 Å². The van der Waals surface area contributed by atoms with E-state index in [0.29, 0.717) is 13.0 Å². The predicted molar refractivity (Wildman–Crippen MR) is 84.0 cm³/mol. The Labute approximate surface area is 137 Å². The highest BCUT2D eigenvalue weighted by molar-refractivity contribution is 5.84. The molecule has 1 aliphatic rings. The molecular formula is C16H16N4O4. The van der Waals surface area contributed by atoms with Crippen LogP contribution in [0.15, 0.2) is 42.7 Å². The van der Waals surface area contributed by atoms with Gasteiger partial charge in [0, 0.05) is 19.4 Å². The van der Waals surface area contributed by atoms with Gasteiger partial charge in [-0.1, -0.05) is 30.3 Å². The highest BCUT2D eigenvalue weighted by atomic mass is 16.6. The molecule has 0 saturated carbocycles. The Bertz CT molecular complexity index is 771. The largest absolute Gasteiger partial charge is 0.333 e. The highest BCUT2D eigenvalue weighted by Gasteiger charge is 2.31. The van der Waals surface area contributed by atoms with Crippen molar-refractivity contribution in [3.05, 3.63) is 58.4 Å². The van der Waals surface area contributed by atoms with E-state index in [0.717, 1.165) is 11.8 Å². The Hall–Kier alpha value is -3.03. The van der Waals surface area contributed by atoms with Gasteiger partial charge in [-0.15, -0.1) is 0 Å². The van der Waals surface area contributed by atoms with Crippen LogP contribution in [0.3, 0.4) is 0 Å². The molecule has 1 amide bonds. The highest BCUT2D eigenvalue weighted by Crippen LogP contribution is 2.29. The number of benzene rings is 1. The predicted octanol–water partition coefficient (Wildman–Crippen LogP) is 1.72. The molecule has 1 fully saturated rings. The van der Waals surface area contributed by atoms with Crippen molar-refractivity contribution >= 4 is 17.4 Å². The van der Waals surface area contributed by atoms with Gasteiger partial charge >= 0.3 is 5.69 Å². The molecule has 2 aromatic rings. The maximum atomic E-state index is 12.6. The van der Waals surface area contributed by atoms with Crippen molar-refractivity contribution in [1.29, 1.82) is 0 Å². The van der Waals surface area contributed by atoms with Crippen LogP contribution in [0.1, 0.15) is 24.4 Å². The molecule has 1 aliphatic heterocycles. The molecule has 124 valence electrons. The molecule has 1 aromatic heterocycles. The molecule has 3 rings (SSSR count). The first-order chi connectivity index (χ1) is 11.5. The van der Waals surface area contributed by atoms with E-state index in [-0.39, 0.29) is 36.4 Å². The van der Waals surface area contributed by atoms with E-state index >= 15 is 0 Å². The first kappa shape index (κ1) is 15.9. The van der Waals surface area contributed by atoms with E-state index < -0.39 is 4.92 Å². The van der Waals surface area contributed by atoms with Crippen molar-refractivity contribution < 1.29 is 14.5 Å². The van der Waals surface area contributed by atoms with Gasteiger partial charge in [0.25, 0.3) is 0 Å². The van der Waals surface area contributed by atoms with Gasteiger partial charge in [-0.2, -0.15) is 5.10 Å². The molecule has 8 nitrogen and oxygen atoms in total. The normalized spacial score (nSPS) is 17.8. The average molecular weight is 328 g/mol. The third-order valence-corrected chi connectivity index (χ3v) is 4.06. The SMILES string of the molecule is O=C1CCN(C(=O)Cn2cc([N+](=O)[O-])cn2)C(c2ccccc2)C1. The van der Waals surface area contributed by atoms with E-state index in [1.54, 1.807) is 4.90 Å². The van der Waals surface area contributed by atoms with Crippen LogP contribution in [-0.4, -0.2) is 37.8 Å². The average Bonchev–Trinajstić information content (AvgIpc) is 3.04. The first-order valence-corrected chi connectivity index (χ1v) is 7.57. The Balaban J connectivity index is 1.78. The molecule has 0 spiro atoms. The zero-order valence-corrected chi connectivity index (χ0v) is 12.9. The Morgan fingerprint density at radius 2 is 2.08 bits per heavy atom. The molecule has 1 atom stereocenters. The van der Waals surface area contributed by atoms with E-state index in [4.69, 9.17) is 0 Å². The van der Waals surface area contributed by atoms with Crippen LogP contribution in [0.5, 0.6) is 0 Å². The lowest BCUT2D eigenvalue weighted by Crippen LogP contribution is -2.42. The molecule has 0 bridgehead atoms. The second kappa shape index (κ2) is 6.61. The van der Waals surface area contributed by atoms with Gasteiger partial charge in [0.2, 0.25) is 5.91 Å². The lowest BCUT2D eigenvalue weighted by Gasteiger charge is -2.35. The summed E-state index contributed by atoms with van der Waals surface area (Å²) in [6, 6.07) is 9.10. The summed E-state index contributed by atoms with van der Waals surface area (Å²) in [4.78, 5) is 36.2. The lowest BCUT2D eigenvalue weighted by atomic mass is 9.94. The summed E-state index contributed by atoms with van der Waals surface area (Å²) >= 11 is 0. The smallest absolute Gasteiger partial charge is 0.307 e. The fourth-order valence-corrected chi connectivity index (χ4v) is 2.86. The number of ketones is 1. The summed E-state index contributed by atoms with van der Waals surface area (Å²) in [5, 5.41) is 14.5. The maximum Gasteiger partial charge on any atom is 0.307 e. The molecule has 0 radical (unpaired) electrons. The molecule has 0 aliphatic carbocycles. The third-order valence-electron chi connectivity index (χ3n) is 4.06. The number of amides is 1. The van der Waals surface area contributed by atoms with Gasteiger partial charge in [-0.25, -0.2) is 0 Å². The van der Waals surface area contributed by atoms with E-state index in [1.807, 2.05) is 30.3 Å². The number of rotatable bonds is 4. The third kappa shape index (κ3) is 3.32. The second-order valence-corrected chi connectivity index (χ2v) is 5.66. The van der Waals surface area contributed by atoms with Crippen molar-refractivity contribution in [1.82, 2.24) is 14.7 Å². The Morgan fingerprint density at radius 3 is 2.75 bits per heavy atom. The summed E-state index contributed by atoms with van der Waals surface area (Å²) < 4.78 is 1.25. The van der Waals surface area contributed by atoms with Crippen molar-refractivity contribution in [2.24, 2.45) is 0 Å². The quantitative estimate of drug-likeness (QED) is 0.628. The molecular weight excluding hydrogens is 312 g/mol. The van der Waals surface area contributed by atoms with Crippen molar-refractivity contribution in [2.45, 2.75) is 25.4 Å². The van der Waals surface area contributed by atoms with Gasteiger partial charge in [0.1, 0.15) is 24.7 Å². The number of aromatic nitrogens is 2. The molecule has 1 aromatic carbocycles. The number of likely N-dealkylation sites (tertiary alicyclic amines) is 1. The Morgan fingerprint density at radius 1 is 1.33 bits per heavy atom. The summed E-state index contributed by atoms with van der Waals surface area (Å²) in [5.41, 5.74) is 0.751. The number of carbonyl (C=O) groups is 2. The molecule has 0 N–H and O–H groups in total. The van der Waals surface area contributed by atoms with Crippen LogP contribution >= 0.6 is 0 Å². The molecule has 8 heteroatoms. The number of nitrogens with zero attached hydrogens (tertiary/aromatic N) is 4. The van der Waals surface area contributed by atoms with Crippen LogP contribution in [0, 0.1) is 10.1 Å². The zero-order valence-electron chi connectivity index (χ0n) is 12.9. The Kier molecular flexibility index (Phi) is 4.37. The minimum Gasteiger partial charge on any atom is -0.333 e. The number of nitro groups is 1. The summed E-state index contributed by atoms with van der Waals surface area (Å²) in [7, 11) is 0. The summed E-state index contributed by atoms with van der Waals surface area (Å²) in [6.45, 7) is 0.256. The van der Waals surface area contributed by atoms with E-state index in [9.17, 15) is 19.7 Å². The number of hydrogen-bond acceptors (Lipinski definition) is 5. The van der Waals surface area contributed by atoms with Crippen LogP contribution in [-0.2, 0) is 16.1 Å². The molecule has 1 saturated heterocycles. The van der Waals surface area contributed by atoms with Gasteiger partial charge in [-0.3, -0.25) is 24.4 Å². The summed E-state index contributed by atoms with van der Waals surface area (Å²) in [5.74, 6) is -0.0861. The van der Waals surface area contributed by atoms with Crippen LogP contribution in [0.25, 0.3) is 0 Å². The number of hydrogen-bond donors (Lipinski definition) is 0. The van der Waals surface area contributed by atoms with Gasteiger partial charge in [-0.05, 0) is 5.56 Å². The lowest BCUT2D eigenvalue weighted by molar-refractivity contribution is -0.385. The monoisotopic (exact) mass is 328 g/mol. The van der Waals surface area contributed by atoms with E-state index in [1.165, 1.54) is 10.9 Å². The molecule has 2 heterocycles. The van der Waals surface area contributed by atoms with Gasteiger partial charge in [0.15, 0.2) is 0 Å². The van der Waals surface area contributed by atoms with Crippen molar-refractivity contribution in [3.63, 3.8) is 0 Å². The van der Waals surface area contributed by atoms with Gasteiger partial charge < -0.3 is 4.90 Å². The minimum absolute atomic E-state index is 0.0919. The van der Waals surface area contributed by atoms with Gasteiger partial charge in [0.05, 0.1) is 11.0 Å². The zero-order chi connectivity index (χ0) is 17.1. The fourth-order valence-electron chi connectivity index (χ4n) is 2.86. The first-order valence-electron chi connectivity index (χ1n) is 7.57. The standard InChI is InChI=1S/C16H16N4O4/c21-14-6-7-19(15(8-14)12-4-2-1-3-5-12)16(22)11-18-10-13(9-17-18)20(23)24/h1-5,9-10,15H,6-8,11H2. The second-order valence-electron chi connectivity index (χ2n) is 5.66. The minimum atomic E-state index is -0.555. The van der Waals surface area contributed by atoms with E-state index in [2.05, 4.69) is 5.10 Å². The molecule has 24 heavy (non-hydrogen) atoms. The summed E-state index contributed by atoms with van der Waals surface area (Å²) in [6.07, 6.45) is 2.95. The van der Waals surface area contributed by atoms with Crippen molar-refractivity contribution in [3.8, 4) is 0 Å².